The summed E-state index contributed by atoms with van der Waals surface area (Å²) in [4.78, 5) is 0. The monoisotopic (exact) mass is 218 g/mol. The first kappa shape index (κ1) is 11.0. The van der Waals surface area contributed by atoms with E-state index < -0.39 is 0 Å². The topological polar surface area (TPSA) is 67.6 Å². The second-order valence-corrected chi connectivity index (χ2v) is 4.57. The highest BCUT2D eigenvalue weighted by Crippen LogP contribution is 2.33. The minimum absolute atomic E-state index is 0.431. The Morgan fingerprint density at radius 2 is 1.94 bits per heavy atom. The molecule has 2 rings (SSSR count). The van der Waals surface area contributed by atoms with E-state index in [0.29, 0.717) is 17.3 Å². The second kappa shape index (κ2) is 4.56. The lowest BCUT2D eigenvalue weighted by Crippen LogP contribution is -2.01. The van der Waals surface area contributed by atoms with Gasteiger partial charge in [0.25, 0.3) is 0 Å². The molecule has 0 bridgehead atoms. The highest BCUT2D eigenvalue weighted by molar-refractivity contribution is 5.52. The maximum Gasteiger partial charge on any atom is 0.139 e. The highest BCUT2D eigenvalue weighted by atomic mass is 15.3. The number of nitrogens with zero attached hydrogens (tertiary/aromatic N) is 3. The van der Waals surface area contributed by atoms with E-state index in [4.69, 9.17) is 11.0 Å². The molecule has 2 N–H and O–H groups in total. The van der Waals surface area contributed by atoms with Crippen molar-refractivity contribution in [2.24, 2.45) is 7.05 Å². The summed E-state index contributed by atoms with van der Waals surface area (Å²) >= 11 is 0. The van der Waals surface area contributed by atoms with E-state index in [-0.39, 0.29) is 0 Å². The van der Waals surface area contributed by atoms with Crippen LogP contribution in [0.4, 0.5) is 5.82 Å². The van der Waals surface area contributed by atoms with Crippen LogP contribution in [-0.4, -0.2) is 9.78 Å². The first-order valence-electron chi connectivity index (χ1n) is 5.96. The molecule has 0 amide bonds. The summed E-state index contributed by atoms with van der Waals surface area (Å²) in [5.74, 6) is 0.933. The van der Waals surface area contributed by atoms with Crippen LogP contribution in [0, 0.1) is 11.3 Å². The number of nitrogen functional groups attached to an aromatic ring is 1. The molecule has 1 fully saturated rings. The molecule has 1 heterocycles. The molecule has 1 saturated carbocycles. The molecular formula is C12H18N4. The SMILES string of the molecule is Cn1nc(C2CCCCCC2)c(C#N)c1N. The van der Waals surface area contributed by atoms with Gasteiger partial charge in [0.2, 0.25) is 0 Å². The smallest absolute Gasteiger partial charge is 0.139 e. The van der Waals surface area contributed by atoms with E-state index in [2.05, 4.69) is 11.2 Å². The number of anilines is 1. The van der Waals surface area contributed by atoms with Gasteiger partial charge in [-0.15, -0.1) is 0 Å². The summed E-state index contributed by atoms with van der Waals surface area (Å²) in [7, 11) is 1.80. The van der Waals surface area contributed by atoms with Gasteiger partial charge in [0.15, 0.2) is 0 Å². The average Bonchev–Trinajstić information content (AvgIpc) is 2.51. The summed E-state index contributed by atoms with van der Waals surface area (Å²) in [6.07, 6.45) is 7.38. The van der Waals surface area contributed by atoms with Crippen molar-refractivity contribution in [2.45, 2.75) is 44.4 Å². The fourth-order valence-corrected chi connectivity index (χ4v) is 2.51. The number of aryl methyl sites for hydroxylation is 1. The van der Waals surface area contributed by atoms with Gasteiger partial charge in [-0.3, -0.25) is 4.68 Å². The predicted molar refractivity (Wildman–Crippen MR) is 62.8 cm³/mol. The van der Waals surface area contributed by atoms with Crippen LogP contribution in [0.2, 0.25) is 0 Å². The zero-order chi connectivity index (χ0) is 11.5. The van der Waals surface area contributed by atoms with Crippen LogP contribution >= 0.6 is 0 Å². The molecule has 1 aliphatic carbocycles. The molecule has 86 valence electrons. The van der Waals surface area contributed by atoms with Crippen LogP contribution in [0.1, 0.15) is 55.7 Å². The van der Waals surface area contributed by atoms with Gasteiger partial charge in [-0.2, -0.15) is 10.4 Å². The Morgan fingerprint density at radius 1 is 1.31 bits per heavy atom. The van der Waals surface area contributed by atoms with Crippen molar-refractivity contribution in [2.75, 3.05) is 5.73 Å². The van der Waals surface area contributed by atoms with Crippen molar-refractivity contribution < 1.29 is 0 Å². The lowest BCUT2D eigenvalue weighted by molar-refractivity contribution is 0.565. The van der Waals surface area contributed by atoms with Crippen LogP contribution < -0.4 is 5.73 Å². The van der Waals surface area contributed by atoms with E-state index in [9.17, 15) is 0 Å². The summed E-state index contributed by atoms with van der Waals surface area (Å²) < 4.78 is 1.62. The Labute approximate surface area is 96.0 Å². The summed E-state index contributed by atoms with van der Waals surface area (Å²) in [6, 6.07) is 2.19. The van der Waals surface area contributed by atoms with Crippen LogP contribution in [-0.2, 0) is 7.05 Å². The third kappa shape index (κ3) is 1.90. The van der Waals surface area contributed by atoms with Crippen molar-refractivity contribution in [3.63, 3.8) is 0 Å². The van der Waals surface area contributed by atoms with Crippen LogP contribution in [0.25, 0.3) is 0 Å². The third-order valence-corrected chi connectivity index (χ3v) is 3.47. The van der Waals surface area contributed by atoms with Crippen LogP contribution in [0.15, 0.2) is 0 Å². The number of nitriles is 1. The zero-order valence-corrected chi connectivity index (χ0v) is 9.74. The van der Waals surface area contributed by atoms with E-state index in [0.717, 1.165) is 18.5 Å². The van der Waals surface area contributed by atoms with Gasteiger partial charge in [0, 0.05) is 13.0 Å². The predicted octanol–water partition coefficient (Wildman–Crippen LogP) is 2.31. The molecule has 1 aromatic rings. The normalized spacial score (nSPS) is 18.0. The first-order valence-corrected chi connectivity index (χ1v) is 5.96. The molecule has 4 nitrogen and oxygen atoms in total. The molecule has 0 aliphatic heterocycles. The quantitative estimate of drug-likeness (QED) is 0.735. The Hall–Kier alpha value is -1.50. The highest BCUT2D eigenvalue weighted by Gasteiger charge is 2.23. The molecule has 0 atom stereocenters. The van der Waals surface area contributed by atoms with Crippen molar-refractivity contribution in [3.8, 4) is 6.07 Å². The Kier molecular flexibility index (Phi) is 3.14. The van der Waals surface area contributed by atoms with Gasteiger partial charge in [-0.05, 0) is 12.8 Å². The van der Waals surface area contributed by atoms with E-state index >= 15 is 0 Å². The molecule has 1 aromatic heterocycles. The Balaban J connectivity index is 2.32. The fraction of sp³-hybridized carbons (Fsp3) is 0.667. The molecule has 1 aliphatic rings. The van der Waals surface area contributed by atoms with Gasteiger partial charge in [0.05, 0.1) is 5.69 Å². The summed E-state index contributed by atoms with van der Waals surface area (Å²) in [6.45, 7) is 0. The lowest BCUT2D eigenvalue weighted by Gasteiger charge is -2.10. The number of nitrogens with two attached hydrogens (primary N) is 1. The molecule has 0 aromatic carbocycles. The van der Waals surface area contributed by atoms with Gasteiger partial charge in [0.1, 0.15) is 17.5 Å². The summed E-state index contributed by atoms with van der Waals surface area (Å²) in [5.41, 5.74) is 7.35. The largest absolute Gasteiger partial charge is 0.383 e. The number of hydrogen-bond acceptors (Lipinski definition) is 3. The fourth-order valence-electron chi connectivity index (χ4n) is 2.51. The lowest BCUT2D eigenvalue weighted by atomic mass is 9.94. The minimum Gasteiger partial charge on any atom is -0.383 e. The van der Waals surface area contributed by atoms with Gasteiger partial charge in [-0.25, -0.2) is 0 Å². The standard InChI is InChI=1S/C12H18N4/c1-16-12(14)10(8-13)11(15-16)9-6-4-2-3-5-7-9/h9H,2-7,14H2,1H3. The molecule has 0 saturated heterocycles. The number of hydrogen-bond donors (Lipinski definition) is 1. The van der Waals surface area contributed by atoms with E-state index in [1.165, 1.54) is 25.7 Å². The number of rotatable bonds is 1. The van der Waals surface area contributed by atoms with Crippen molar-refractivity contribution in [3.05, 3.63) is 11.3 Å². The molecule has 4 heteroatoms. The maximum atomic E-state index is 9.13. The summed E-state index contributed by atoms with van der Waals surface area (Å²) in [5, 5.41) is 13.5. The van der Waals surface area contributed by atoms with Crippen molar-refractivity contribution in [1.29, 1.82) is 5.26 Å². The van der Waals surface area contributed by atoms with Crippen molar-refractivity contribution >= 4 is 5.82 Å². The Bertz CT molecular complexity index is 405. The molecule has 0 unspecified atom stereocenters. The third-order valence-electron chi connectivity index (χ3n) is 3.47. The molecular weight excluding hydrogens is 200 g/mol. The molecule has 16 heavy (non-hydrogen) atoms. The Morgan fingerprint density at radius 3 is 2.50 bits per heavy atom. The van der Waals surface area contributed by atoms with Crippen LogP contribution in [0.5, 0.6) is 0 Å². The van der Waals surface area contributed by atoms with Gasteiger partial charge >= 0.3 is 0 Å². The molecule has 0 radical (unpaired) electrons. The second-order valence-electron chi connectivity index (χ2n) is 4.57. The van der Waals surface area contributed by atoms with E-state index in [1.54, 1.807) is 11.7 Å². The number of aromatic nitrogens is 2. The minimum atomic E-state index is 0.431. The average molecular weight is 218 g/mol. The zero-order valence-electron chi connectivity index (χ0n) is 9.74. The van der Waals surface area contributed by atoms with Gasteiger partial charge in [-0.1, -0.05) is 25.7 Å². The van der Waals surface area contributed by atoms with Crippen LogP contribution in [0.3, 0.4) is 0 Å². The molecule has 0 spiro atoms. The maximum absolute atomic E-state index is 9.13. The van der Waals surface area contributed by atoms with E-state index in [1.807, 2.05) is 0 Å². The van der Waals surface area contributed by atoms with Crippen molar-refractivity contribution in [1.82, 2.24) is 9.78 Å². The van der Waals surface area contributed by atoms with Gasteiger partial charge < -0.3 is 5.73 Å². The first-order chi connectivity index (χ1) is 7.74.